The standard InChI is InChI=1S/C15H18ClN3OS/c1-9-6-14(10(2)5-12(9)16)21-8-13-11(7-19(3)4)15(20)18-17-13/h5-7H,8H2,1-4H3,(H,18,20)/b11-7+. The van der Waals surface area contributed by atoms with E-state index in [0.29, 0.717) is 11.3 Å². The number of aryl methyl sites for hydroxylation is 2. The number of nitrogens with one attached hydrogen (secondary N) is 1. The molecule has 4 nitrogen and oxygen atoms in total. The smallest absolute Gasteiger partial charge is 0.274 e. The van der Waals surface area contributed by atoms with Gasteiger partial charge in [0.2, 0.25) is 0 Å². The van der Waals surface area contributed by atoms with Crippen LogP contribution in [0.3, 0.4) is 0 Å². The SMILES string of the molecule is Cc1cc(SCC2=NNC(=O)/C2=C/N(C)C)c(C)cc1Cl. The summed E-state index contributed by atoms with van der Waals surface area (Å²) < 4.78 is 0. The number of hydrazone groups is 1. The Balaban J connectivity index is 2.13. The van der Waals surface area contributed by atoms with E-state index in [1.807, 2.05) is 38.9 Å². The second-order valence-electron chi connectivity index (χ2n) is 5.16. The number of rotatable bonds is 4. The lowest BCUT2D eigenvalue weighted by molar-refractivity contribution is -0.116. The molecule has 0 saturated carbocycles. The van der Waals surface area contributed by atoms with Crippen LogP contribution in [0, 0.1) is 13.8 Å². The number of nitrogens with zero attached hydrogens (tertiary/aromatic N) is 2. The van der Waals surface area contributed by atoms with Crippen LogP contribution >= 0.6 is 23.4 Å². The van der Waals surface area contributed by atoms with Gasteiger partial charge in [-0.1, -0.05) is 11.6 Å². The first-order valence-electron chi connectivity index (χ1n) is 6.53. The van der Waals surface area contributed by atoms with Gasteiger partial charge in [-0.05, 0) is 37.1 Å². The minimum atomic E-state index is -0.150. The van der Waals surface area contributed by atoms with Crippen LogP contribution in [0.1, 0.15) is 11.1 Å². The summed E-state index contributed by atoms with van der Waals surface area (Å²) in [5.74, 6) is 0.489. The number of hydrogen-bond acceptors (Lipinski definition) is 4. The van der Waals surface area contributed by atoms with Crippen molar-refractivity contribution in [1.29, 1.82) is 0 Å². The van der Waals surface area contributed by atoms with Crippen LogP contribution in [0.2, 0.25) is 5.02 Å². The zero-order valence-electron chi connectivity index (χ0n) is 12.5. The molecule has 0 aromatic heterocycles. The van der Waals surface area contributed by atoms with Gasteiger partial charge in [0, 0.05) is 36.0 Å². The first-order valence-corrected chi connectivity index (χ1v) is 7.90. The largest absolute Gasteiger partial charge is 0.383 e. The molecule has 0 unspecified atom stereocenters. The monoisotopic (exact) mass is 323 g/mol. The molecule has 1 amide bonds. The van der Waals surface area contributed by atoms with E-state index in [-0.39, 0.29) is 5.91 Å². The highest BCUT2D eigenvalue weighted by molar-refractivity contribution is 8.00. The Bertz CT molecular complexity index is 638. The second-order valence-corrected chi connectivity index (χ2v) is 6.59. The van der Waals surface area contributed by atoms with E-state index in [9.17, 15) is 4.79 Å². The molecule has 0 saturated heterocycles. The van der Waals surface area contributed by atoms with Crippen molar-refractivity contribution in [2.24, 2.45) is 5.10 Å². The molecule has 112 valence electrons. The zero-order valence-corrected chi connectivity index (χ0v) is 14.1. The summed E-state index contributed by atoms with van der Waals surface area (Å²) >= 11 is 7.77. The molecule has 1 aromatic rings. The Kier molecular flexibility index (Phi) is 4.96. The van der Waals surface area contributed by atoms with Gasteiger partial charge >= 0.3 is 0 Å². The maximum Gasteiger partial charge on any atom is 0.274 e. The second kappa shape index (κ2) is 6.54. The minimum absolute atomic E-state index is 0.150. The average molecular weight is 324 g/mol. The van der Waals surface area contributed by atoms with Gasteiger partial charge in [-0.2, -0.15) is 5.10 Å². The first-order chi connectivity index (χ1) is 9.88. The van der Waals surface area contributed by atoms with Gasteiger partial charge in [-0.15, -0.1) is 11.8 Å². The molecule has 6 heteroatoms. The molecule has 2 rings (SSSR count). The lowest BCUT2D eigenvalue weighted by Crippen LogP contribution is -2.17. The topological polar surface area (TPSA) is 44.7 Å². The van der Waals surface area contributed by atoms with E-state index in [4.69, 9.17) is 11.6 Å². The van der Waals surface area contributed by atoms with Crippen LogP contribution in [-0.4, -0.2) is 36.4 Å². The summed E-state index contributed by atoms with van der Waals surface area (Å²) in [7, 11) is 3.77. The Morgan fingerprint density at radius 1 is 1.33 bits per heavy atom. The van der Waals surface area contributed by atoms with Crippen molar-refractivity contribution in [3.8, 4) is 0 Å². The van der Waals surface area contributed by atoms with Gasteiger partial charge < -0.3 is 4.90 Å². The molecule has 0 aliphatic carbocycles. The van der Waals surface area contributed by atoms with Crippen molar-refractivity contribution >= 4 is 35.0 Å². The van der Waals surface area contributed by atoms with Gasteiger partial charge in [0.1, 0.15) is 0 Å². The third-order valence-electron chi connectivity index (χ3n) is 3.06. The number of thioether (sulfide) groups is 1. The highest BCUT2D eigenvalue weighted by Gasteiger charge is 2.23. The molecular formula is C15H18ClN3OS. The fourth-order valence-electron chi connectivity index (χ4n) is 1.93. The molecule has 1 aliphatic rings. The van der Waals surface area contributed by atoms with Crippen molar-refractivity contribution in [2.75, 3.05) is 19.8 Å². The Labute approximate surface area is 134 Å². The number of hydrogen-bond donors (Lipinski definition) is 1. The molecule has 0 radical (unpaired) electrons. The van der Waals surface area contributed by atoms with Gasteiger partial charge in [0.15, 0.2) is 0 Å². The van der Waals surface area contributed by atoms with E-state index in [0.717, 1.165) is 26.8 Å². The van der Waals surface area contributed by atoms with E-state index in [1.54, 1.807) is 18.0 Å². The summed E-state index contributed by atoms with van der Waals surface area (Å²) in [5.41, 5.74) is 6.09. The Morgan fingerprint density at radius 2 is 2.05 bits per heavy atom. The molecule has 0 fully saturated rings. The fourth-order valence-corrected chi connectivity index (χ4v) is 3.20. The predicted octanol–water partition coefficient (Wildman–Crippen LogP) is 2.98. The molecule has 1 heterocycles. The van der Waals surface area contributed by atoms with Gasteiger partial charge in [0.05, 0.1) is 11.3 Å². The average Bonchev–Trinajstić information content (AvgIpc) is 2.73. The van der Waals surface area contributed by atoms with Crippen LogP contribution in [-0.2, 0) is 4.79 Å². The summed E-state index contributed by atoms with van der Waals surface area (Å²) in [5, 5.41) is 4.89. The van der Waals surface area contributed by atoms with E-state index >= 15 is 0 Å². The number of amides is 1. The highest BCUT2D eigenvalue weighted by Crippen LogP contribution is 2.29. The first kappa shape index (κ1) is 15.9. The van der Waals surface area contributed by atoms with Crippen molar-refractivity contribution in [1.82, 2.24) is 10.3 Å². The zero-order chi connectivity index (χ0) is 15.6. The van der Waals surface area contributed by atoms with Crippen molar-refractivity contribution in [2.45, 2.75) is 18.7 Å². The third kappa shape index (κ3) is 3.80. The lowest BCUT2D eigenvalue weighted by Gasteiger charge is -2.10. The molecule has 0 bridgehead atoms. The normalized spacial score (nSPS) is 16.1. The van der Waals surface area contributed by atoms with Crippen molar-refractivity contribution < 1.29 is 4.79 Å². The van der Waals surface area contributed by atoms with Gasteiger partial charge in [-0.25, -0.2) is 5.43 Å². The quantitative estimate of drug-likeness (QED) is 0.684. The molecular weight excluding hydrogens is 306 g/mol. The summed E-state index contributed by atoms with van der Waals surface area (Å²) in [6.45, 7) is 4.02. The van der Waals surface area contributed by atoms with Gasteiger partial charge in [-0.3, -0.25) is 4.79 Å². The van der Waals surface area contributed by atoms with E-state index < -0.39 is 0 Å². The van der Waals surface area contributed by atoms with Crippen LogP contribution in [0.15, 0.2) is 33.9 Å². The summed E-state index contributed by atoms with van der Waals surface area (Å²) in [6, 6.07) is 4.04. The number of benzene rings is 1. The van der Waals surface area contributed by atoms with Crippen LogP contribution < -0.4 is 5.43 Å². The number of carbonyl (C=O) groups excluding carboxylic acids is 1. The van der Waals surface area contributed by atoms with Crippen LogP contribution in [0.5, 0.6) is 0 Å². The molecule has 0 spiro atoms. The lowest BCUT2D eigenvalue weighted by atomic mass is 10.2. The molecule has 1 N–H and O–H groups in total. The van der Waals surface area contributed by atoms with E-state index in [1.165, 1.54) is 0 Å². The number of carbonyl (C=O) groups is 1. The maximum atomic E-state index is 11.7. The van der Waals surface area contributed by atoms with E-state index in [2.05, 4.69) is 16.6 Å². The Hall–Kier alpha value is -1.46. The third-order valence-corrected chi connectivity index (χ3v) is 4.63. The molecule has 1 aliphatic heterocycles. The fraction of sp³-hybridized carbons (Fsp3) is 0.333. The molecule has 1 aromatic carbocycles. The van der Waals surface area contributed by atoms with Crippen LogP contribution in [0.25, 0.3) is 0 Å². The Morgan fingerprint density at radius 3 is 2.71 bits per heavy atom. The van der Waals surface area contributed by atoms with Crippen molar-refractivity contribution in [3.63, 3.8) is 0 Å². The maximum absolute atomic E-state index is 11.7. The molecule has 0 atom stereocenters. The van der Waals surface area contributed by atoms with Crippen LogP contribution in [0.4, 0.5) is 0 Å². The van der Waals surface area contributed by atoms with Crippen molar-refractivity contribution in [3.05, 3.63) is 40.1 Å². The van der Waals surface area contributed by atoms with Gasteiger partial charge in [0.25, 0.3) is 5.91 Å². The predicted molar refractivity (Wildman–Crippen MR) is 89.0 cm³/mol. The summed E-state index contributed by atoms with van der Waals surface area (Å²) in [4.78, 5) is 14.8. The highest BCUT2D eigenvalue weighted by atomic mass is 35.5. The minimum Gasteiger partial charge on any atom is -0.383 e. The number of halogens is 1. The molecule has 21 heavy (non-hydrogen) atoms. The summed E-state index contributed by atoms with van der Waals surface area (Å²) in [6.07, 6.45) is 1.79.